The van der Waals surface area contributed by atoms with Gasteiger partial charge in [-0.2, -0.15) is 0 Å². The van der Waals surface area contributed by atoms with Gasteiger partial charge in [0.15, 0.2) is 0 Å². The van der Waals surface area contributed by atoms with Gasteiger partial charge in [-0.05, 0) is 12.3 Å². The van der Waals surface area contributed by atoms with Crippen molar-refractivity contribution in [3.63, 3.8) is 0 Å². The van der Waals surface area contributed by atoms with Gasteiger partial charge in [0.05, 0.1) is 6.61 Å². The molecule has 0 rings (SSSR count). The van der Waals surface area contributed by atoms with Gasteiger partial charge in [-0.1, -0.05) is 27.4 Å². The average molecular weight is 156 g/mol. The monoisotopic (exact) mass is 156 g/mol. The Hall–Kier alpha value is -0.790. The van der Waals surface area contributed by atoms with Crippen molar-refractivity contribution in [2.45, 2.75) is 27.2 Å². The minimum atomic E-state index is -0.262. The predicted octanol–water partition coefficient (Wildman–Crippen LogP) is 2.15. The Labute approximate surface area is 68.2 Å². The minimum Gasteiger partial charge on any atom is -0.462 e. The molecule has 0 radical (unpaired) electrons. The third kappa shape index (κ3) is 3.81. The fourth-order valence-corrected chi connectivity index (χ4v) is 0.523. The molecule has 0 fully saturated rings. The highest BCUT2D eigenvalue weighted by molar-refractivity contribution is 5.88. The van der Waals surface area contributed by atoms with Gasteiger partial charge in [-0.25, -0.2) is 4.79 Å². The van der Waals surface area contributed by atoms with Crippen molar-refractivity contribution < 1.29 is 9.53 Å². The van der Waals surface area contributed by atoms with Crippen molar-refractivity contribution in [3.8, 4) is 0 Å². The summed E-state index contributed by atoms with van der Waals surface area (Å²) < 4.78 is 4.88. The van der Waals surface area contributed by atoms with Crippen molar-refractivity contribution in [3.05, 3.63) is 12.2 Å². The second-order valence-electron chi connectivity index (χ2n) is 2.82. The van der Waals surface area contributed by atoms with E-state index in [0.717, 1.165) is 6.42 Å². The van der Waals surface area contributed by atoms with Gasteiger partial charge >= 0.3 is 5.97 Å². The number of esters is 1. The van der Waals surface area contributed by atoms with Crippen molar-refractivity contribution in [2.24, 2.45) is 5.92 Å². The number of hydrogen-bond acceptors (Lipinski definition) is 2. The molecule has 0 unspecified atom stereocenters. The summed E-state index contributed by atoms with van der Waals surface area (Å²) in [6.45, 7) is 9.94. The van der Waals surface area contributed by atoms with Crippen LogP contribution in [0, 0.1) is 5.92 Å². The Balaban J connectivity index is 3.75. The third-order valence-corrected chi connectivity index (χ3v) is 1.40. The fourth-order valence-electron chi connectivity index (χ4n) is 0.523. The first-order chi connectivity index (χ1) is 5.09. The van der Waals surface area contributed by atoms with E-state index in [0.29, 0.717) is 12.2 Å². The van der Waals surface area contributed by atoms with E-state index in [1.54, 1.807) is 0 Å². The predicted molar refractivity (Wildman–Crippen MR) is 45.2 cm³/mol. The summed E-state index contributed by atoms with van der Waals surface area (Å²) in [4.78, 5) is 11.0. The van der Waals surface area contributed by atoms with Crippen LogP contribution in [-0.4, -0.2) is 12.6 Å². The van der Waals surface area contributed by atoms with E-state index in [-0.39, 0.29) is 11.9 Å². The van der Waals surface area contributed by atoms with Crippen LogP contribution in [-0.2, 0) is 9.53 Å². The summed E-state index contributed by atoms with van der Waals surface area (Å²) in [5.74, 6) is -0.0822. The Bertz CT molecular complexity index is 148. The van der Waals surface area contributed by atoms with Crippen molar-refractivity contribution in [1.29, 1.82) is 0 Å². The van der Waals surface area contributed by atoms with E-state index in [1.807, 2.05) is 20.8 Å². The molecule has 64 valence electrons. The first kappa shape index (κ1) is 10.2. The van der Waals surface area contributed by atoms with Crippen molar-refractivity contribution >= 4 is 5.97 Å². The normalized spacial score (nSPS) is 9.82. The molecule has 0 spiro atoms. The molecule has 11 heavy (non-hydrogen) atoms. The number of ether oxygens (including phenoxy) is 1. The summed E-state index contributed by atoms with van der Waals surface area (Å²) in [6.07, 6.45) is 0.858. The maximum atomic E-state index is 11.0. The molecule has 2 heteroatoms. The quantitative estimate of drug-likeness (QED) is 0.460. The summed E-state index contributed by atoms with van der Waals surface area (Å²) in [5, 5.41) is 0. The lowest BCUT2D eigenvalue weighted by Crippen LogP contribution is -2.11. The van der Waals surface area contributed by atoms with Crippen molar-refractivity contribution in [2.75, 3.05) is 6.61 Å². The summed E-state index contributed by atoms with van der Waals surface area (Å²) in [6, 6.07) is 0. The van der Waals surface area contributed by atoms with Crippen LogP contribution in [0.4, 0.5) is 0 Å². The van der Waals surface area contributed by atoms with Gasteiger partial charge in [-0.3, -0.25) is 0 Å². The molecule has 0 atom stereocenters. The molecule has 0 aromatic rings. The SMILES string of the molecule is C=C(C(=O)OCCC)C(C)C. The topological polar surface area (TPSA) is 26.3 Å². The van der Waals surface area contributed by atoms with E-state index < -0.39 is 0 Å². The first-order valence-corrected chi connectivity index (χ1v) is 3.95. The van der Waals surface area contributed by atoms with Gasteiger partial charge < -0.3 is 4.74 Å². The van der Waals surface area contributed by atoms with Gasteiger partial charge in [0.1, 0.15) is 0 Å². The Morgan fingerprint density at radius 3 is 2.45 bits per heavy atom. The highest BCUT2D eigenvalue weighted by Crippen LogP contribution is 2.08. The molecule has 0 amide bonds. The van der Waals surface area contributed by atoms with E-state index in [4.69, 9.17) is 4.74 Å². The van der Waals surface area contributed by atoms with Crippen LogP contribution in [0.3, 0.4) is 0 Å². The summed E-state index contributed by atoms with van der Waals surface area (Å²) >= 11 is 0. The maximum absolute atomic E-state index is 11.0. The fraction of sp³-hybridized carbons (Fsp3) is 0.667. The number of carbonyl (C=O) groups excluding carboxylic acids is 1. The molecule has 0 aliphatic rings. The Kier molecular flexibility index (Phi) is 4.59. The molecule has 0 saturated heterocycles. The standard InChI is InChI=1S/C9H16O2/c1-5-6-11-9(10)8(4)7(2)3/h7H,4-6H2,1-3H3. The van der Waals surface area contributed by atoms with E-state index >= 15 is 0 Å². The molecule has 0 aliphatic heterocycles. The molecule has 0 N–H and O–H groups in total. The lowest BCUT2D eigenvalue weighted by Gasteiger charge is -2.07. The van der Waals surface area contributed by atoms with E-state index in [1.165, 1.54) is 0 Å². The molecule has 0 aromatic heterocycles. The number of rotatable bonds is 4. The molecule has 0 saturated carbocycles. The zero-order chi connectivity index (χ0) is 8.85. The summed E-state index contributed by atoms with van der Waals surface area (Å²) in [7, 11) is 0. The smallest absolute Gasteiger partial charge is 0.333 e. The molecule has 0 heterocycles. The Morgan fingerprint density at radius 1 is 1.55 bits per heavy atom. The first-order valence-electron chi connectivity index (χ1n) is 3.95. The number of carbonyl (C=O) groups is 1. The molecule has 2 nitrogen and oxygen atoms in total. The van der Waals surface area contributed by atoms with Crippen LogP contribution in [0.2, 0.25) is 0 Å². The highest BCUT2D eigenvalue weighted by Gasteiger charge is 2.10. The van der Waals surface area contributed by atoms with Gasteiger partial charge in [0.25, 0.3) is 0 Å². The second-order valence-corrected chi connectivity index (χ2v) is 2.82. The molecule has 0 aromatic carbocycles. The highest BCUT2D eigenvalue weighted by atomic mass is 16.5. The van der Waals surface area contributed by atoms with Gasteiger partial charge in [0.2, 0.25) is 0 Å². The Morgan fingerprint density at radius 2 is 2.09 bits per heavy atom. The van der Waals surface area contributed by atoms with E-state index in [9.17, 15) is 4.79 Å². The minimum absolute atomic E-state index is 0.180. The van der Waals surface area contributed by atoms with Crippen LogP contribution < -0.4 is 0 Å². The molecule has 0 bridgehead atoms. The van der Waals surface area contributed by atoms with Crippen LogP contribution in [0.5, 0.6) is 0 Å². The molecular weight excluding hydrogens is 140 g/mol. The maximum Gasteiger partial charge on any atom is 0.333 e. The largest absolute Gasteiger partial charge is 0.462 e. The lowest BCUT2D eigenvalue weighted by atomic mass is 10.1. The van der Waals surface area contributed by atoms with Crippen molar-refractivity contribution in [1.82, 2.24) is 0 Å². The zero-order valence-corrected chi connectivity index (χ0v) is 7.52. The van der Waals surface area contributed by atoms with Crippen LogP contribution in [0.15, 0.2) is 12.2 Å². The van der Waals surface area contributed by atoms with Gasteiger partial charge in [0, 0.05) is 5.57 Å². The van der Waals surface area contributed by atoms with Crippen LogP contribution in [0.25, 0.3) is 0 Å². The average Bonchev–Trinajstić information content (AvgIpc) is 1.98. The molecule has 0 aliphatic carbocycles. The van der Waals surface area contributed by atoms with E-state index in [2.05, 4.69) is 6.58 Å². The number of hydrogen-bond donors (Lipinski definition) is 0. The van der Waals surface area contributed by atoms with Crippen LogP contribution in [0.1, 0.15) is 27.2 Å². The molecular formula is C9H16O2. The lowest BCUT2D eigenvalue weighted by molar-refractivity contribution is -0.139. The summed E-state index contributed by atoms with van der Waals surface area (Å²) in [5.41, 5.74) is 0.554. The third-order valence-electron chi connectivity index (χ3n) is 1.40. The zero-order valence-electron chi connectivity index (χ0n) is 7.52. The second kappa shape index (κ2) is 4.94. The van der Waals surface area contributed by atoms with Gasteiger partial charge in [-0.15, -0.1) is 0 Å². The van der Waals surface area contributed by atoms with Crippen LogP contribution >= 0.6 is 0 Å².